The highest BCUT2D eigenvalue weighted by Crippen LogP contribution is 2.65. The molecule has 0 bridgehead atoms. The fraction of sp³-hybridized carbons (Fsp3) is 0.821. The van der Waals surface area contributed by atoms with Gasteiger partial charge in [0, 0.05) is 25.1 Å². The molecule has 1 aromatic heterocycles. The molecule has 0 amide bonds. The van der Waals surface area contributed by atoms with Crippen molar-refractivity contribution < 1.29 is 9.90 Å². The van der Waals surface area contributed by atoms with Crippen molar-refractivity contribution in [2.24, 2.45) is 52.8 Å². The van der Waals surface area contributed by atoms with Crippen LogP contribution < -0.4 is 0 Å². The zero-order valence-electron chi connectivity index (χ0n) is 20.2. The van der Waals surface area contributed by atoms with Gasteiger partial charge in [0.05, 0.1) is 17.4 Å². The minimum atomic E-state index is -0.425. The van der Waals surface area contributed by atoms with Crippen LogP contribution in [0.25, 0.3) is 0 Å². The molecule has 5 aliphatic rings. The zero-order chi connectivity index (χ0) is 23.0. The van der Waals surface area contributed by atoms with E-state index >= 15 is 0 Å². The van der Waals surface area contributed by atoms with Crippen LogP contribution in [0.2, 0.25) is 0 Å². The van der Waals surface area contributed by atoms with E-state index in [0.29, 0.717) is 52.8 Å². The summed E-state index contributed by atoms with van der Waals surface area (Å²) in [5.74, 6) is 4.59. The molecule has 0 unspecified atom stereocenters. The zero-order valence-corrected chi connectivity index (χ0v) is 20.2. The first-order valence-electron chi connectivity index (χ1n) is 13.5. The Hall–Kier alpha value is -1.67. The molecule has 5 nitrogen and oxygen atoms in total. The van der Waals surface area contributed by atoms with Crippen molar-refractivity contribution in [1.82, 2.24) is 9.78 Å². The number of Topliss-reactive ketones (excluding diaryl/α,β-unsaturated/α-hetero) is 1. The van der Waals surface area contributed by atoms with E-state index in [-0.39, 0.29) is 11.3 Å². The van der Waals surface area contributed by atoms with Gasteiger partial charge in [0.1, 0.15) is 11.9 Å². The maximum absolute atomic E-state index is 13.8. The predicted molar refractivity (Wildman–Crippen MR) is 125 cm³/mol. The lowest BCUT2D eigenvalue weighted by Gasteiger charge is -2.56. The summed E-state index contributed by atoms with van der Waals surface area (Å²) in [6.45, 7) is 5.56. The van der Waals surface area contributed by atoms with Gasteiger partial charge in [-0.15, -0.1) is 0 Å². The summed E-state index contributed by atoms with van der Waals surface area (Å²) in [6, 6.07) is 2.17. The molecule has 178 valence electrons. The molecule has 1 N–H and O–H groups in total. The van der Waals surface area contributed by atoms with Gasteiger partial charge in [-0.3, -0.25) is 9.48 Å². The third-order valence-corrected chi connectivity index (χ3v) is 11.1. The van der Waals surface area contributed by atoms with E-state index in [1.807, 2.05) is 10.9 Å². The van der Waals surface area contributed by atoms with Gasteiger partial charge in [0.25, 0.3) is 0 Å². The monoisotopic (exact) mass is 449 g/mol. The van der Waals surface area contributed by atoms with Gasteiger partial charge in [-0.1, -0.05) is 13.8 Å². The van der Waals surface area contributed by atoms with Crippen LogP contribution in [0.1, 0.15) is 83.6 Å². The highest BCUT2D eigenvalue weighted by Gasteiger charge is 2.62. The molecule has 0 saturated heterocycles. The number of carbonyl (C=O) groups excluding carboxylic acids is 1. The van der Waals surface area contributed by atoms with E-state index in [9.17, 15) is 9.90 Å². The van der Waals surface area contributed by atoms with Gasteiger partial charge < -0.3 is 5.11 Å². The molecule has 5 fully saturated rings. The molecule has 5 aliphatic carbocycles. The minimum Gasteiger partial charge on any atom is -0.390 e. The van der Waals surface area contributed by atoms with Crippen LogP contribution in [0.15, 0.2) is 12.4 Å². The van der Waals surface area contributed by atoms with Crippen LogP contribution in [0, 0.1) is 64.1 Å². The molecule has 6 rings (SSSR count). The highest BCUT2D eigenvalue weighted by atomic mass is 16.3. The first-order valence-corrected chi connectivity index (χ1v) is 13.5. The van der Waals surface area contributed by atoms with Gasteiger partial charge in [0.2, 0.25) is 0 Å². The molecule has 0 aliphatic heterocycles. The van der Waals surface area contributed by atoms with E-state index in [2.05, 4.69) is 25.0 Å². The third kappa shape index (κ3) is 3.42. The first kappa shape index (κ1) is 21.8. The van der Waals surface area contributed by atoms with Gasteiger partial charge in [-0.2, -0.15) is 10.4 Å². The molecule has 5 heteroatoms. The van der Waals surface area contributed by atoms with Gasteiger partial charge in [0.15, 0.2) is 0 Å². The van der Waals surface area contributed by atoms with E-state index in [1.54, 1.807) is 6.20 Å². The number of carbonyl (C=O) groups is 1. The fourth-order valence-electron chi connectivity index (χ4n) is 9.60. The average molecular weight is 450 g/mol. The van der Waals surface area contributed by atoms with Crippen molar-refractivity contribution in [2.45, 2.75) is 90.2 Å². The van der Waals surface area contributed by atoms with Gasteiger partial charge >= 0.3 is 0 Å². The normalized spacial score (nSPS) is 45.6. The van der Waals surface area contributed by atoms with Crippen molar-refractivity contribution in [1.29, 1.82) is 5.26 Å². The second-order valence-corrected chi connectivity index (χ2v) is 12.8. The predicted octanol–water partition coefficient (Wildman–Crippen LogP) is 4.98. The molecule has 9 atom stereocenters. The van der Waals surface area contributed by atoms with E-state index in [4.69, 9.17) is 5.26 Å². The lowest BCUT2D eigenvalue weighted by atomic mass is 9.48. The fourth-order valence-corrected chi connectivity index (χ4v) is 9.60. The number of aromatic nitrogens is 2. The van der Waals surface area contributed by atoms with E-state index in [0.717, 1.165) is 32.2 Å². The lowest BCUT2D eigenvalue weighted by Crippen LogP contribution is -2.55. The Bertz CT molecular complexity index is 976. The third-order valence-electron chi connectivity index (χ3n) is 11.1. The summed E-state index contributed by atoms with van der Waals surface area (Å²) in [7, 11) is 0. The van der Waals surface area contributed by atoms with Crippen molar-refractivity contribution in [3.63, 3.8) is 0 Å². The number of fused-ring (bicyclic) bond motifs is 5. The number of ketones is 1. The largest absolute Gasteiger partial charge is 0.390 e. The van der Waals surface area contributed by atoms with E-state index in [1.165, 1.54) is 38.5 Å². The molecular formula is C28H39N3O2. The second-order valence-electron chi connectivity index (χ2n) is 12.8. The summed E-state index contributed by atoms with van der Waals surface area (Å²) >= 11 is 0. The lowest BCUT2D eigenvalue weighted by molar-refractivity contribution is -0.154. The Morgan fingerprint density at radius 3 is 2.76 bits per heavy atom. The van der Waals surface area contributed by atoms with Crippen LogP contribution >= 0.6 is 0 Å². The Balaban J connectivity index is 1.19. The average Bonchev–Trinajstić information content (AvgIpc) is 3.47. The van der Waals surface area contributed by atoms with Crippen LogP contribution in [-0.2, 0) is 11.3 Å². The summed E-state index contributed by atoms with van der Waals surface area (Å²) in [6.07, 6.45) is 14.4. The van der Waals surface area contributed by atoms with Gasteiger partial charge in [-0.05, 0) is 105 Å². The van der Waals surface area contributed by atoms with Crippen LogP contribution in [0.3, 0.4) is 0 Å². The number of aliphatic hydroxyl groups is 1. The Labute approximate surface area is 197 Å². The molecule has 1 heterocycles. The number of hydrogen-bond acceptors (Lipinski definition) is 4. The smallest absolute Gasteiger partial charge is 0.137 e. The number of nitrogens with zero attached hydrogens (tertiary/aromatic N) is 3. The molecule has 0 aromatic carbocycles. The quantitative estimate of drug-likeness (QED) is 0.703. The minimum absolute atomic E-state index is 0.0964. The Kier molecular flexibility index (Phi) is 5.07. The maximum Gasteiger partial charge on any atom is 0.137 e. The van der Waals surface area contributed by atoms with Crippen molar-refractivity contribution in [3.8, 4) is 6.07 Å². The summed E-state index contributed by atoms with van der Waals surface area (Å²) in [5.41, 5.74) is 0.289. The Morgan fingerprint density at radius 1 is 1.21 bits per heavy atom. The van der Waals surface area contributed by atoms with E-state index < -0.39 is 5.60 Å². The number of hydrogen-bond donors (Lipinski definition) is 1. The summed E-state index contributed by atoms with van der Waals surface area (Å²) in [4.78, 5) is 13.8. The first-order chi connectivity index (χ1) is 15.8. The molecule has 0 spiro atoms. The highest BCUT2D eigenvalue weighted by molar-refractivity contribution is 5.83. The molecule has 0 radical (unpaired) electrons. The molecular weight excluding hydrogens is 410 g/mol. The number of nitriles is 1. The molecule has 33 heavy (non-hydrogen) atoms. The van der Waals surface area contributed by atoms with Crippen LogP contribution in [0.4, 0.5) is 0 Å². The maximum atomic E-state index is 13.8. The topological polar surface area (TPSA) is 78.9 Å². The standard InChI is InChI=1S/C28H39N3O2/c1-17(15-31-16-18(13-29)14-30-31)23-7-8-24-22-6-3-19-11-28(33,20-4-5-20)10-9-21(19)26(22)25(32)12-27(23,24)2/h14,16-17,19-24,26,33H,3-12,15H2,1-2H3/t17-,19-,21+,22+,23-,24+,26-,27-,28-/m1/s1. The van der Waals surface area contributed by atoms with Gasteiger partial charge in [-0.25, -0.2) is 0 Å². The molecule has 1 aromatic rings. The SMILES string of the molecule is C[C@H](Cn1cc(C#N)cn1)[C@H]1CC[C@H]2[C@@H]3CC[C@@H]4C[C@@](O)(C5CC5)CC[C@@H]4[C@H]3C(=O)C[C@]12C. The molecule has 5 saturated carbocycles. The Morgan fingerprint density at radius 2 is 2.03 bits per heavy atom. The second kappa shape index (κ2) is 7.67. The van der Waals surface area contributed by atoms with Crippen LogP contribution in [-0.4, -0.2) is 26.3 Å². The van der Waals surface area contributed by atoms with Crippen molar-refractivity contribution >= 4 is 5.78 Å². The number of rotatable bonds is 4. The van der Waals surface area contributed by atoms with Crippen molar-refractivity contribution in [3.05, 3.63) is 18.0 Å². The summed E-state index contributed by atoms with van der Waals surface area (Å²) < 4.78 is 1.92. The summed E-state index contributed by atoms with van der Waals surface area (Å²) in [5, 5.41) is 24.7. The van der Waals surface area contributed by atoms with Crippen molar-refractivity contribution in [2.75, 3.05) is 0 Å². The van der Waals surface area contributed by atoms with Crippen LogP contribution in [0.5, 0.6) is 0 Å².